The molecule has 0 spiro atoms. The van der Waals surface area contributed by atoms with E-state index < -0.39 is 0 Å². The number of carbonyl (C=O) groups is 2. The summed E-state index contributed by atoms with van der Waals surface area (Å²) in [6, 6.07) is 6.20. The molecular weight excluding hydrogens is 424 g/mol. The molecule has 3 fully saturated rings. The molecule has 0 bridgehead atoms. The first-order valence-electron chi connectivity index (χ1n) is 12.0. The Hall–Kier alpha value is -2.36. The molecule has 2 amide bonds. The van der Waals surface area contributed by atoms with Crippen LogP contribution in [0.5, 0.6) is 5.75 Å². The van der Waals surface area contributed by atoms with Gasteiger partial charge in [0.2, 0.25) is 11.8 Å². The lowest BCUT2D eigenvalue weighted by molar-refractivity contribution is -0.141. The molecule has 0 N–H and O–H groups in total. The van der Waals surface area contributed by atoms with Gasteiger partial charge in [0.05, 0.1) is 52.0 Å². The predicted molar refractivity (Wildman–Crippen MR) is 123 cm³/mol. The number of piperazine rings is 1. The predicted octanol–water partition coefficient (Wildman–Crippen LogP) is 0.0757. The van der Waals surface area contributed by atoms with Crippen molar-refractivity contribution in [2.45, 2.75) is 12.5 Å². The Morgan fingerprint density at radius 1 is 0.970 bits per heavy atom. The minimum Gasteiger partial charge on any atom is -0.497 e. The van der Waals surface area contributed by atoms with E-state index in [-0.39, 0.29) is 23.8 Å². The summed E-state index contributed by atoms with van der Waals surface area (Å²) in [5.41, 5.74) is 2.35. The molecule has 1 aromatic carbocycles. The maximum Gasteiger partial charge on any atom is 0.236 e. The second kappa shape index (κ2) is 9.87. The molecule has 4 aliphatic heterocycles. The number of anilines is 1. The summed E-state index contributed by atoms with van der Waals surface area (Å²) in [6.07, 6.45) is 0.710. The van der Waals surface area contributed by atoms with Crippen LogP contribution in [0.25, 0.3) is 0 Å². The molecule has 9 nitrogen and oxygen atoms in total. The fraction of sp³-hybridized carbons (Fsp3) is 0.667. The van der Waals surface area contributed by atoms with E-state index in [1.165, 1.54) is 5.56 Å². The van der Waals surface area contributed by atoms with Gasteiger partial charge < -0.3 is 28.9 Å². The Bertz CT molecular complexity index is 868. The summed E-state index contributed by atoms with van der Waals surface area (Å²) in [6.45, 7) is 7.71. The van der Waals surface area contributed by atoms with Crippen LogP contribution in [0.3, 0.4) is 0 Å². The SMILES string of the molecule is COc1ccc2c(c1)N1CCN(CC(=O)N3CCOCC3)CC1C(C(=O)N1CCOCC1)C2. The van der Waals surface area contributed by atoms with Gasteiger partial charge in [0.25, 0.3) is 0 Å². The fourth-order valence-corrected chi connectivity index (χ4v) is 5.51. The van der Waals surface area contributed by atoms with Gasteiger partial charge >= 0.3 is 0 Å². The Kier molecular flexibility index (Phi) is 6.71. The molecular formula is C24H34N4O5. The zero-order valence-corrected chi connectivity index (χ0v) is 19.4. The van der Waals surface area contributed by atoms with Gasteiger partial charge in [0.1, 0.15) is 5.75 Å². The van der Waals surface area contributed by atoms with Gasteiger partial charge in [-0.1, -0.05) is 6.07 Å². The smallest absolute Gasteiger partial charge is 0.236 e. The lowest BCUT2D eigenvalue weighted by Gasteiger charge is -2.50. The van der Waals surface area contributed by atoms with Crippen LogP contribution in [-0.4, -0.2) is 118 Å². The molecule has 3 saturated heterocycles. The largest absolute Gasteiger partial charge is 0.497 e. The second-order valence-electron chi connectivity index (χ2n) is 9.23. The number of carbonyl (C=O) groups excluding carboxylic acids is 2. The van der Waals surface area contributed by atoms with E-state index in [2.05, 4.69) is 21.9 Å². The molecule has 9 heteroatoms. The number of ether oxygens (including phenoxy) is 3. The summed E-state index contributed by atoms with van der Waals surface area (Å²) in [7, 11) is 1.68. The monoisotopic (exact) mass is 458 g/mol. The minimum absolute atomic E-state index is 0.0335. The van der Waals surface area contributed by atoms with Crippen molar-refractivity contribution in [1.29, 1.82) is 0 Å². The van der Waals surface area contributed by atoms with Crippen molar-refractivity contribution >= 4 is 17.5 Å². The van der Waals surface area contributed by atoms with Gasteiger partial charge in [-0.25, -0.2) is 0 Å². The van der Waals surface area contributed by atoms with Crippen LogP contribution in [0.2, 0.25) is 0 Å². The van der Waals surface area contributed by atoms with E-state index >= 15 is 0 Å². The summed E-state index contributed by atoms with van der Waals surface area (Å²) in [5, 5.41) is 0. The van der Waals surface area contributed by atoms with E-state index in [0.29, 0.717) is 72.1 Å². The Labute approximate surface area is 195 Å². The van der Waals surface area contributed by atoms with Crippen molar-refractivity contribution in [2.75, 3.05) is 90.8 Å². The number of amides is 2. The number of benzene rings is 1. The first-order chi connectivity index (χ1) is 16.1. The van der Waals surface area contributed by atoms with Crippen molar-refractivity contribution in [3.63, 3.8) is 0 Å². The van der Waals surface area contributed by atoms with Crippen LogP contribution in [0.15, 0.2) is 18.2 Å². The van der Waals surface area contributed by atoms with Gasteiger partial charge in [-0.2, -0.15) is 0 Å². The van der Waals surface area contributed by atoms with Crippen LogP contribution in [0, 0.1) is 5.92 Å². The molecule has 2 atom stereocenters. The normalized spacial score (nSPS) is 25.9. The zero-order chi connectivity index (χ0) is 22.8. The van der Waals surface area contributed by atoms with Crippen molar-refractivity contribution in [3.8, 4) is 5.75 Å². The van der Waals surface area contributed by atoms with Gasteiger partial charge in [0.15, 0.2) is 0 Å². The zero-order valence-electron chi connectivity index (χ0n) is 19.4. The number of hydrogen-bond acceptors (Lipinski definition) is 7. The topological polar surface area (TPSA) is 74.8 Å². The van der Waals surface area contributed by atoms with Crippen LogP contribution in [-0.2, 0) is 25.5 Å². The lowest BCUT2D eigenvalue weighted by atomic mass is 9.82. The molecule has 33 heavy (non-hydrogen) atoms. The summed E-state index contributed by atoms with van der Waals surface area (Å²) in [5.74, 6) is 1.05. The molecule has 2 unspecified atom stereocenters. The highest BCUT2D eigenvalue weighted by Gasteiger charge is 2.43. The quantitative estimate of drug-likeness (QED) is 0.633. The Morgan fingerprint density at radius 2 is 1.67 bits per heavy atom. The standard InChI is InChI=1S/C24H34N4O5/c1-31-19-3-2-18-14-20(24(30)27-8-12-33-13-9-27)22-16-25(4-5-28(22)21(18)15-19)17-23(29)26-6-10-32-11-7-26/h2-3,15,20,22H,4-14,16-17H2,1H3. The lowest BCUT2D eigenvalue weighted by Crippen LogP contribution is -2.62. The first kappa shape index (κ1) is 22.4. The van der Waals surface area contributed by atoms with Crippen molar-refractivity contribution in [3.05, 3.63) is 23.8 Å². The van der Waals surface area contributed by atoms with Gasteiger partial charge in [-0.3, -0.25) is 14.5 Å². The molecule has 0 aliphatic carbocycles. The minimum atomic E-state index is -0.134. The average Bonchev–Trinajstić information content (AvgIpc) is 2.88. The van der Waals surface area contributed by atoms with Crippen molar-refractivity contribution in [2.24, 2.45) is 5.92 Å². The van der Waals surface area contributed by atoms with Crippen molar-refractivity contribution in [1.82, 2.24) is 14.7 Å². The Morgan fingerprint density at radius 3 is 2.36 bits per heavy atom. The molecule has 0 saturated carbocycles. The number of rotatable bonds is 4. The molecule has 0 radical (unpaired) electrons. The van der Waals surface area contributed by atoms with E-state index in [1.54, 1.807) is 7.11 Å². The fourth-order valence-electron chi connectivity index (χ4n) is 5.51. The van der Waals surface area contributed by atoms with Crippen LogP contribution in [0.4, 0.5) is 5.69 Å². The van der Waals surface area contributed by atoms with Crippen LogP contribution in [0.1, 0.15) is 5.56 Å². The molecule has 1 aromatic rings. The highest BCUT2D eigenvalue weighted by atomic mass is 16.5. The molecule has 0 aromatic heterocycles. The second-order valence-corrected chi connectivity index (χ2v) is 9.23. The molecule has 4 aliphatic rings. The third-order valence-electron chi connectivity index (χ3n) is 7.37. The summed E-state index contributed by atoms with van der Waals surface area (Å²) < 4.78 is 16.3. The van der Waals surface area contributed by atoms with Crippen LogP contribution < -0.4 is 9.64 Å². The van der Waals surface area contributed by atoms with E-state index in [1.807, 2.05) is 15.9 Å². The molecule has 5 rings (SSSR count). The first-order valence-corrected chi connectivity index (χ1v) is 12.0. The maximum atomic E-state index is 13.6. The van der Waals surface area contributed by atoms with Crippen LogP contribution >= 0.6 is 0 Å². The highest BCUT2D eigenvalue weighted by molar-refractivity contribution is 5.83. The number of morpholine rings is 2. The Balaban J connectivity index is 1.36. The average molecular weight is 459 g/mol. The van der Waals surface area contributed by atoms with E-state index in [9.17, 15) is 9.59 Å². The number of hydrogen-bond donors (Lipinski definition) is 0. The van der Waals surface area contributed by atoms with Crippen molar-refractivity contribution < 1.29 is 23.8 Å². The highest BCUT2D eigenvalue weighted by Crippen LogP contribution is 2.38. The maximum absolute atomic E-state index is 13.6. The number of fused-ring (bicyclic) bond motifs is 3. The molecule has 180 valence electrons. The third kappa shape index (κ3) is 4.67. The number of nitrogens with zero attached hydrogens (tertiary/aromatic N) is 4. The summed E-state index contributed by atoms with van der Waals surface area (Å²) in [4.78, 5) is 35.0. The molecule has 4 heterocycles. The van der Waals surface area contributed by atoms with E-state index in [0.717, 1.165) is 24.5 Å². The van der Waals surface area contributed by atoms with E-state index in [4.69, 9.17) is 14.2 Å². The van der Waals surface area contributed by atoms with Gasteiger partial charge in [-0.15, -0.1) is 0 Å². The number of methoxy groups -OCH3 is 1. The van der Waals surface area contributed by atoms with Gasteiger partial charge in [-0.05, 0) is 18.1 Å². The van der Waals surface area contributed by atoms with Gasteiger partial charge in [0, 0.05) is 57.6 Å². The summed E-state index contributed by atoms with van der Waals surface area (Å²) >= 11 is 0. The third-order valence-corrected chi connectivity index (χ3v) is 7.37.